The van der Waals surface area contributed by atoms with Gasteiger partial charge >= 0.3 is 6.18 Å². The van der Waals surface area contributed by atoms with E-state index in [0.717, 1.165) is 12.1 Å². The summed E-state index contributed by atoms with van der Waals surface area (Å²) < 4.78 is 46.4. The first-order valence-corrected chi connectivity index (χ1v) is 9.39. The first-order chi connectivity index (χ1) is 14.8. The Balaban J connectivity index is 1.61. The van der Waals surface area contributed by atoms with Crippen LogP contribution >= 0.6 is 0 Å². The molecule has 1 aliphatic heterocycles. The minimum absolute atomic E-state index is 0.0375. The van der Waals surface area contributed by atoms with Crippen LogP contribution in [0.2, 0.25) is 0 Å². The number of amides is 1. The van der Waals surface area contributed by atoms with E-state index < -0.39 is 40.9 Å². The second kappa shape index (κ2) is 8.31. The number of carbonyl (C=O) groups is 1. The standard InChI is InChI=1S/C21H17F3N4O3/c22-21(23,24)15-6-2-1-5-14(15)20(30)26-17-11-31-12-18(17)28-19(29)8-7-16(27-28)13-4-3-9-25-10-13/h1-10,17-18H,11-12H2,(H,26,30). The van der Waals surface area contributed by atoms with E-state index in [-0.39, 0.29) is 13.2 Å². The highest BCUT2D eigenvalue weighted by atomic mass is 19.4. The van der Waals surface area contributed by atoms with Gasteiger partial charge in [-0.3, -0.25) is 14.6 Å². The molecule has 0 bridgehead atoms. The number of halogens is 3. The fourth-order valence-electron chi connectivity index (χ4n) is 3.43. The third kappa shape index (κ3) is 4.33. The van der Waals surface area contributed by atoms with Gasteiger partial charge in [-0.05, 0) is 30.3 Å². The van der Waals surface area contributed by atoms with Crippen LogP contribution in [-0.2, 0) is 10.9 Å². The van der Waals surface area contributed by atoms with Crippen LogP contribution in [0.1, 0.15) is 22.0 Å². The molecule has 4 rings (SSSR count). The Morgan fingerprint density at radius 3 is 2.65 bits per heavy atom. The summed E-state index contributed by atoms with van der Waals surface area (Å²) in [6.07, 6.45) is -1.47. The first kappa shape index (κ1) is 20.7. The number of ether oxygens (including phenoxy) is 1. The van der Waals surface area contributed by atoms with Crippen molar-refractivity contribution in [3.05, 3.63) is 82.4 Å². The van der Waals surface area contributed by atoms with Crippen LogP contribution in [0.5, 0.6) is 0 Å². The molecule has 31 heavy (non-hydrogen) atoms. The number of hydrogen-bond donors (Lipinski definition) is 1. The molecule has 160 valence electrons. The summed E-state index contributed by atoms with van der Waals surface area (Å²) in [5.41, 5.74) is -0.762. The van der Waals surface area contributed by atoms with Crippen molar-refractivity contribution in [2.24, 2.45) is 0 Å². The predicted molar refractivity (Wildman–Crippen MR) is 104 cm³/mol. The van der Waals surface area contributed by atoms with Crippen LogP contribution < -0.4 is 10.9 Å². The van der Waals surface area contributed by atoms with Gasteiger partial charge in [-0.1, -0.05) is 12.1 Å². The van der Waals surface area contributed by atoms with Crippen LogP contribution in [0.3, 0.4) is 0 Å². The van der Waals surface area contributed by atoms with E-state index in [1.54, 1.807) is 30.6 Å². The molecule has 1 N–H and O–H groups in total. The highest BCUT2D eigenvalue weighted by Crippen LogP contribution is 2.32. The van der Waals surface area contributed by atoms with E-state index in [4.69, 9.17) is 4.74 Å². The van der Waals surface area contributed by atoms with Gasteiger partial charge in [0.05, 0.1) is 36.1 Å². The minimum Gasteiger partial charge on any atom is -0.377 e. The first-order valence-electron chi connectivity index (χ1n) is 9.39. The van der Waals surface area contributed by atoms with Gasteiger partial charge in [-0.2, -0.15) is 18.3 Å². The van der Waals surface area contributed by atoms with Crippen molar-refractivity contribution >= 4 is 5.91 Å². The maximum absolute atomic E-state index is 13.3. The van der Waals surface area contributed by atoms with Crippen molar-refractivity contribution in [2.75, 3.05) is 13.2 Å². The lowest BCUT2D eigenvalue weighted by Crippen LogP contribution is -2.44. The van der Waals surface area contributed by atoms with Crippen molar-refractivity contribution < 1.29 is 22.7 Å². The average molecular weight is 430 g/mol. The molecule has 0 spiro atoms. The molecular formula is C21H17F3N4O3. The molecule has 0 aliphatic carbocycles. The molecule has 2 atom stereocenters. The average Bonchev–Trinajstić information content (AvgIpc) is 3.22. The third-order valence-electron chi connectivity index (χ3n) is 4.94. The van der Waals surface area contributed by atoms with Gasteiger partial charge < -0.3 is 10.1 Å². The third-order valence-corrected chi connectivity index (χ3v) is 4.94. The summed E-state index contributed by atoms with van der Waals surface area (Å²) in [5.74, 6) is -0.898. The quantitative estimate of drug-likeness (QED) is 0.688. The van der Waals surface area contributed by atoms with Crippen LogP contribution in [0.4, 0.5) is 13.2 Å². The fraction of sp³-hybridized carbons (Fsp3) is 0.238. The van der Waals surface area contributed by atoms with Crippen molar-refractivity contribution in [1.82, 2.24) is 20.1 Å². The number of carbonyl (C=O) groups excluding carboxylic acids is 1. The van der Waals surface area contributed by atoms with E-state index in [9.17, 15) is 22.8 Å². The number of alkyl halides is 3. The van der Waals surface area contributed by atoms with E-state index >= 15 is 0 Å². The maximum Gasteiger partial charge on any atom is 0.417 e. The molecule has 1 aromatic carbocycles. The summed E-state index contributed by atoms with van der Waals surface area (Å²) in [4.78, 5) is 29.1. The summed E-state index contributed by atoms with van der Waals surface area (Å²) >= 11 is 0. The van der Waals surface area contributed by atoms with E-state index in [1.807, 2.05) is 0 Å². The number of aromatic nitrogens is 3. The minimum atomic E-state index is -4.67. The van der Waals surface area contributed by atoms with Crippen molar-refractivity contribution in [2.45, 2.75) is 18.3 Å². The Morgan fingerprint density at radius 1 is 1.10 bits per heavy atom. The molecule has 3 heterocycles. The number of rotatable bonds is 4. The smallest absolute Gasteiger partial charge is 0.377 e. The van der Waals surface area contributed by atoms with E-state index in [0.29, 0.717) is 11.3 Å². The number of pyridine rings is 1. The monoisotopic (exact) mass is 430 g/mol. The lowest BCUT2D eigenvalue weighted by molar-refractivity contribution is -0.137. The Hall–Kier alpha value is -3.53. The zero-order valence-corrected chi connectivity index (χ0v) is 16.0. The topological polar surface area (TPSA) is 86.1 Å². The molecule has 1 aliphatic rings. The highest BCUT2D eigenvalue weighted by molar-refractivity contribution is 5.96. The summed E-state index contributed by atoms with van der Waals surface area (Å²) in [6.45, 7) is 0.116. The lowest BCUT2D eigenvalue weighted by atomic mass is 10.1. The Kier molecular flexibility index (Phi) is 5.55. The number of benzene rings is 1. The summed E-state index contributed by atoms with van der Waals surface area (Å²) in [6, 6.07) is 9.52. The van der Waals surface area contributed by atoms with E-state index in [1.165, 1.54) is 22.9 Å². The molecule has 3 aromatic rings. The molecular weight excluding hydrogens is 413 g/mol. The molecule has 1 amide bonds. The summed E-state index contributed by atoms with van der Waals surface area (Å²) in [5, 5.41) is 6.93. The molecule has 2 unspecified atom stereocenters. The zero-order chi connectivity index (χ0) is 22.0. The number of hydrogen-bond acceptors (Lipinski definition) is 5. The highest BCUT2D eigenvalue weighted by Gasteiger charge is 2.37. The van der Waals surface area contributed by atoms with Crippen molar-refractivity contribution in [3.8, 4) is 11.3 Å². The number of nitrogens with zero attached hydrogens (tertiary/aromatic N) is 3. The Labute approximate surface area is 174 Å². The molecule has 7 nitrogen and oxygen atoms in total. The maximum atomic E-state index is 13.3. The van der Waals surface area contributed by atoms with Gasteiger partial charge in [0.2, 0.25) is 0 Å². The van der Waals surface area contributed by atoms with Gasteiger partial charge in [0, 0.05) is 24.0 Å². The normalized spacial score (nSPS) is 18.7. The second-order valence-corrected chi connectivity index (χ2v) is 6.97. The van der Waals surface area contributed by atoms with Crippen LogP contribution in [0.15, 0.2) is 65.7 Å². The molecule has 2 aromatic heterocycles. The fourth-order valence-corrected chi connectivity index (χ4v) is 3.43. The Morgan fingerprint density at radius 2 is 1.90 bits per heavy atom. The van der Waals surface area contributed by atoms with Crippen LogP contribution in [-0.4, -0.2) is 39.9 Å². The van der Waals surface area contributed by atoms with Gasteiger partial charge in [0.25, 0.3) is 11.5 Å². The van der Waals surface area contributed by atoms with Crippen molar-refractivity contribution in [3.63, 3.8) is 0 Å². The zero-order valence-electron chi connectivity index (χ0n) is 16.0. The molecule has 1 saturated heterocycles. The molecule has 0 saturated carbocycles. The molecule has 1 fully saturated rings. The van der Waals surface area contributed by atoms with Gasteiger partial charge in [0.1, 0.15) is 6.04 Å². The number of nitrogens with one attached hydrogen (secondary N) is 1. The van der Waals surface area contributed by atoms with Gasteiger partial charge in [0.15, 0.2) is 0 Å². The largest absolute Gasteiger partial charge is 0.417 e. The van der Waals surface area contributed by atoms with E-state index in [2.05, 4.69) is 15.4 Å². The SMILES string of the molecule is O=C(NC1COCC1n1nc(-c2cccnc2)ccc1=O)c1ccccc1C(F)(F)F. The second-order valence-electron chi connectivity index (χ2n) is 6.97. The predicted octanol–water partition coefficient (Wildman–Crippen LogP) is 2.69. The van der Waals surface area contributed by atoms with Crippen molar-refractivity contribution in [1.29, 1.82) is 0 Å². The molecule has 10 heteroatoms. The molecule has 0 radical (unpaired) electrons. The van der Waals surface area contributed by atoms with Crippen LogP contribution in [0.25, 0.3) is 11.3 Å². The summed E-state index contributed by atoms with van der Waals surface area (Å²) in [7, 11) is 0. The lowest BCUT2D eigenvalue weighted by Gasteiger charge is -2.21. The van der Waals surface area contributed by atoms with Gasteiger partial charge in [-0.15, -0.1) is 0 Å². The van der Waals surface area contributed by atoms with Crippen LogP contribution in [0, 0.1) is 0 Å². The Bertz CT molecular complexity index is 1150. The van der Waals surface area contributed by atoms with Gasteiger partial charge in [-0.25, -0.2) is 4.68 Å².